The molecule has 1 aliphatic rings. The molecule has 3 aromatic rings. The SMILES string of the molecule is Cc1cc(F)ccc1NC(=O)C1CCCN1c1ncnc2ccccc12. The molecule has 0 saturated carbocycles. The van der Waals surface area contributed by atoms with Gasteiger partial charge in [-0.1, -0.05) is 12.1 Å². The van der Waals surface area contributed by atoms with Gasteiger partial charge in [0.05, 0.1) is 5.52 Å². The zero-order chi connectivity index (χ0) is 18.1. The molecular formula is C20H19FN4O. The lowest BCUT2D eigenvalue weighted by Crippen LogP contribution is -2.40. The molecule has 0 bridgehead atoms. The van der Waals surface area contributed by atoms with Gasteiger partial charge in [-0.3, -0.25) is 4.79 Å². The standard InChI is InChI=1S/C20H19FN4O/c1-13-11-14(21)8-9-16(13)24-20(26)18-7-4-10-25(18)19-15-5-2-3-6-17(15)22-12-23-19/h2-3,5-6,8-9,11-12,18H,4,7,10H2,1H3,(H,24,26). The van der Waals surface area contributed by atoms with E-state index >= 15 is 0 Å². The molecule has 132 valence electrons. The number of nitrogens with one attached hydrogen (secondary N) is 1. The number of fused-ring (bicyclic) bond motifs is 1. The van der Waals surface area contributed by atoms with Crippen LogP contribution >= 0.6 is 0 Å². The van der Waals surface area contributed by atoms with E-state index in [4.69, 9.17) is 0 Å². The Morgan fingerprint density at radius 1 is 1.23 bits per heavy atom. The van der Waals surface area contributed by atoms with Gasteiger partial charge in [-0.25, -0.2) is 14.4 Å². The second-order valence-electron chi connectivity index (χ2n) is 6.51. The molecule has 4 rings (SSSR count). The first-order valence-electron chi connectivity index (χ1n) is 8.67. The number of amides is 1. The van der Waals surface area contributed by atoms with Crippen LogP contribution in [-0.4, -0.2) is 28.5 Å². The minimum Gasteiger partial charge on any atom is -0.344 e. The normalized spacial score (nSPS) is 16.8. The van der Waals surface area contributed by atoms with Gasteiger partial charge in [0.25, 0.3) is 0 Å². The molecule has 1 unspecified atom stereocenters. The van der Waals surface area contributed by atoms with Gasteiger partial charge >= 0.3 is 0 Å². The Morgan fingerprint density at radius 2 is 2.08 bits per heavy atom. The number of hydrogen-bond donors (Lipinski definition) is 1. The molecule has 1 amide bonds. The average molecular weight is 350 g/mol. The third-order valence-corrected chi connectivity index (χ3v) is 4.80. The van der Waals surface area contributed by atoms with E-state index in [0.29, 0.717) is 11.3 Å². The lowest BCUT2D eigenvalue weighted by atomic mass is 10.1. The summed E-state index contributed by atoms with van der Waals surface area (Å²) in [6.45, 7) is 2.55. The van der Waals surface area contributed by atoms with Gasteiger partial charge in [0.15, 0.2) is 0 Å². The summed E-state index contributed by atoms with van der Waals surface area (Å²) < 4.78 is 13.3. The molecule has 1 aliphatic heterocycles. The second kappa shape index (κ2) is 6.71. The molecule has 6 heteroatoms. The molecule has 1 atom stereocenters. The van der Waals surface area contributed by atoms with E-state index in [-0.39, 0.29) is 17.8 Å². The number of carbonyl (C=O) groups excluding carboxylic acids is 1. The molecule has 0 aliphatic carbocycles. The molecule has 1 saturated heterocycles. The van der Waals surface area contributed by atoms with Crippen LogP contribution in [0.15, 0.2) is 48.8 Å². The maximum Gasteiger partial charge on any atom is 0.247 e. The van der Waals surface area contributed by atoms with Crippen molar-refractivity contribution < 1.29 is 9.18 Å². The molecule has 2 aromatic carbocycles. The highest BCUT2D eigenvalue weighted by atomic mass is 19.1. The minimum absolute atomic E-state index is 0.0973. The number of halogens is 1. The van der Waals surface area contributed by atoms with Crippen LogP contribution in [0.4, 0.5) is 15.9 Å². The lowest BCUT2D eigenvalue weighted by molar-refractivity contribution is -0.117. The summed E-state index contributed by atoms with van der Waals surface area (Å²) in [5.74, 6) is 0.374. The van der Waals surface area contributed by atoms with Crippen LogP contribution in [0.5, 0.6) is 0 Å². The average Bonchev–Trinajstić information content (AvgIpc) is 3.13. The molecule has 0 spiro atoms. The highest BCUT2D eigenvalue weighted by Gasteiger charge is 2.32. The zero-order valence-corrected chi connectivity index (χ0v) is 14.4. The Balaban J connectivity index is 1.62. The van der Waals surface area contributed by atoms with Crippen molar-refractivity contribution in [2.75, 3.05) is 16.8 Å². The second-order valence-corrected chi connectivity index (χ2v) is 6.51. The molecule has 1 N–H and O–H groups in total. The van der Waals surface area contributed by atoms with Gasteiger partial charge in [-0.15, -0.1) is 0 Å². The van der Waals surface area contributed by atoms with Crippen LogP contribution in [0.2, 0.25) is 0 Å². The zero-order valence-electron chi connectivity index (χ0n) is 14.4. The van der Waals surface area contributed by atoms with Crippen molar-refractivity contribution in [1.29, 1.82) is 0 Å². The smallest absolute Gasteiger partial charge is 0.247 e. The van der Waals surface area contributed by atoms with Crippen LogP contribution < -0.4 is 10.2 Å². The highest BCUT2D eigenvalue weighted by molar-refractivity contribution is 5.99. The van der Waals surface area contributed by atoms with Crippen LogP contribution in [0.3, 0.4) is 0 Å². The van der Waals surface area contributed by atoms with E-state index < -0.39 is 0 Å². The summed E-state index contributed by atoms with van der Waals surface area (Å²) in [6, 6.07) is 11.9. The monoisotopic (exact) mass is 350 g/mol. The van der Waals surface area contributed by atoms with E-state index in [2.05, 4.69) is 15.3 Å². The number of para-hydroxylation sites is 1. The number of nitrogens with zero attached hydrogens (tertiary/aromatic N) is 3. The van der Waals surface area contributed by atoms with E-state index in [0.717, 1.165) is 36.1 Å². The first-order chi connectivity index (χ1) is 12.6. The number of rotatable bonds is 3. The largest absolute Gasteiger partial charge is 0.344 e. The quantitative estimate of drug-likeness (QED) is 0.783. The van der Waals surface area contributed by atoms with Crippen molar-refractivity contribution in [2.45, 2.75) is 25.8 Å². The first-order valence-corrected chi connectivity index (χ1v) is 8.67. The summed E-state index contributed by atoms with van der Waals surface area (Å²) >= 11 is 0. The van der Waals surface area contributed by atoms with Crippen molar-refractivity contribution in [1.82, 2.24) is 9.97 Å². The number of aromatic nitrogens is 2. The Kier molecular flexibility index (Phi) is 4.24. The molecule has 1 fully saturated rings. The Bertz CT molecular complexity index is 970. The predicted octanol–water partition coefficient (Wildman–Crippen LogP) is 3.68. The third kappa shape index (κ3) is 2.98. The number of anilines is 2. The van der Waals surface area contributed by atoms with Gasteiger partial charge in [0.2, 0.25) is 5.91 Å². The Hall–Kier alpha value is -3.02. The molecule has 5 nitrogen and oxygen atoms in total. The fourth-order valence-electron chi connectivity index (χ4n) is 3.50. The summed E-state index contributed by atoms with van der Waals surface area (Å²) in [7, 11) is 0. The number of benzene rings is 2. The maximum atomic E-state index is 13.3. The summed E-state index contributed by atoms with van der Waals surface area (Å²) in [6.07, 6.45) is 3.21. The topological polar surface area (TPSA) is 58.1 Å². The van der Waals surface area contributed by atoms with E-state index in [1.165, 1.54) is 18.5 Å². The van der Waals surface area contributed by atoms with Crippen molar-refractivity contribution in [2.24, 2.45) is 0 Å². The summed E-state index contributed by atoms with van der Waals surface area (Å²) in [4.78, 5) is 23.7. The molecular weight excluding hydrogens is 331 g/mol. The van der Waals surface area contributed by atoms with Crippen molar-refractivity contribution in [3.63, 3.8) is 0 Å². The molecule has 26 heavy (non-hydrogen) atoms. The van der Waals surface area contributed by atoms with Crippen molar-refractivity contribution in [3.05, 3.63) is 60.2 Å². The first kappa shape index (κ1) is 16.4. The fourth-order valence-corrected chi connectivity index (χ4v) is 3.50. The summed E-state index contributed by atoms with van der Waals surface area (Å²) in [5, 5.41) is 3.87. The lowest BCUT2D eigenvalue weighted by Gasteiger charge is -2.26. The van der Waals surface area contributed by atoms with E-state index in [9.17, 15) is 9.18 Å². The minimum atomic E-state index is -0.310. The van der Waals surface area contributed by atoms with Crippen LogP contribution in [0.1, 0.15) is 18.4 Å². The third-order valence-electron chi connectivity index (χ3n) is 4.80. The summed E-state index contributed by atoms with van der Waals surface area (Å²) in [5.41, 5.74) is 2.20. The van der Waals surface area contributed by atoms with Crippen LogP contribution in [0.25, 0.3) is 10.9 Å². The molecule has 2 heterocycles. The maximum absolute atomic E-state index is 13.3. The highest BCUT2D eigenvalue weighted by Crippen LogP contribution is 2.30. The van der Waals surface area contributed by atoms with Gasteiger partial charge in [-0.05, 0) is 55.7 Å². The fraction of sp³-hybridized carbons (Fsp3) is 0.250. The molecule has 0 radical (unpaired) electrons. The predicted molar refractivity (Wildman–Crippen MR) is 99.7 cm³/mol. The van der Waals surface area contributed by atoms with Gasteiger partial charge in [0.1, 0.15) is 24.0 Å². The van der Waals surface area contributed by atoms with Crippen molar-refractivity contribution >= 4 is 28.3 Å². The van der Waals surface area contributed by atoms with E-state index in [1.54, 1.807) is 13.0 Å². The number of hydrogen-bond acceptors (Lipinski definition) is 4. The van der Waals surface area contributed by atoms with E-state index in [1.807, 2.05) is 29.2 Å². The van der Waals surface area contributed by atoms with Crippen LogP contribution in [0, 0.1) is 12.7 Å². The number of aryl methyl sites for hydroxylation is 1. The number of carbonyl (C=O) groups is 1. The van der Waals surface area contributed by atoms with Gasteiger partial charge in [-0.2, -0.15) is 0 Å². The van der Waals surface area contributed by atoms with Gasteiger partial charge < -0.3 is 10.2 Å². The molecule has 1 aromatic heterocycles. The van der Waals surface area contributed by atoms with Crippen molar-refractivity contribution in [3.8, 4) is 0 Å². The Labute approximate surface area is 150 Å². The Morgan fingerprint density at radius 3 is 2.92 bits per heavy atom. The van der Waals surface area contributed by atoms with Gasteiger partial charge in [0, 0.05) is 17.6 Å². The van der Waals surface area contributed by atoms with Crippen LogP contribution in [-0.2, 0) is 4.79 Å².